The molecule has 1 heterocycles. The highest BCUT2D eigenvalue weighted by atomic mass is 16.5. The molecule has 1 aliphatic carbocycles. The van der Waals surface area contributed by atoms with Crippen molar-refractivity contribution >= 4 is 5.78 Å². The van der Waals surface area contributed by atoms with Gasteiger partial charge in [0.1, 0.15) is 0 Å². The molecule has 2 N–H and O–H groups in total. The van der Waals surface area contributed by atoms with Crippen LogP contribution >= 0.6 is 0 Å². The van der Waals surface area contributed by atoms with Crippen molar-refractivity contribution in [3.8, 4) is 0 Å². The van der Waals surface area contributed by atoms with E-state index in [1.165, 1.54) is 0 Å². The number of carbonyl (C=O) groups excluding carboxylic acids is 1. The Morgan fingerprint density at radius 1 is 1.62 bits per heavy atom. The molecule has 1 aliphatic heterocycles. The van der Waals surface area contributed by atoms with E-state index in [1.807, 2.05) is 6.08 Å². The Labute approximate surface area is 77.9 Å². The predicted octanol–water partition coefficient (Wildman–Crippen LogP) is 1.13. The number of ether oxygens (including phenoxy) is 1. The number of hydrogen-bond donors (Lipinski definition) is 1. The van der Waals surface area contributed by atoms with Crippen molar-refractivity contribution in [3.63, 3.8) is 0 Å². The van der Waals surface area contributed by atoms with Gasteiger partial charge in [0.25, 0.3) is 0 Å². The smallest absolute Gasteiger partial charge is 0.198 e. The van der Waals surface area contributed by atoms with Crippen molar-refractivity contribution in [1.82, 2.24) is 0 Å². The zero-order valence-corrected chi connectivity index (χ0v) is 7.71. The van der Waals surface area contributed by atoms with Crippen molar-refractivity contribution in [1.29, 1.82) is 0 Å². The van der Waals surface area contributed by atoms with Gasteiger partial charge in [-0.2, -0.15) is 0 Å². The molecule has 0 aromatic heterocycles. The monoisotopic (exact) mass is 181 g/mol. The maximum absolute atomic E-state index is 11.6. The molecular weight excluding hydrogens is 166 g/mol. The third-order valence-electron chi connectivity index (χ3n) is 2.84. The lowest BCUT2D eigenvalue weighted by molar-refractivity contribution is -0.120. The molecule has 1 saturated carbocycles. The van der Waals surface area contributed by atoms with Crippen molar-refractivity contribution in [2.75, 3.05) is 6.61 Å². The Hall–Kier alpha value is -0.830. The van der Waals surface area contributed by atoms with Gasteiger partial charge in [-0.15, -0.1) is 0 Å². The zero-order chi connectivity index (χ0) is 9.31. The molecule has 0 spiro atoms. The zero-order valence-electron chi connectivity index (χ0n) is 7.71. The van der Waals surface area contributed by atoms with Crippen molar-refractivity contribution in [3.05, 3.63) is 11.8 Å². The molecular formula is C10H15NO2. The van der Waals surface area contributed by atoms with Gasteiger partial charge in [-0.05, 0) is 25.3 Å². The molecule has 0 atom stereocenters. The largest absolute Gasteiger partial charge is 0.490 e. The Morgan fingerprint density at radius 3 is 2.85 bits per heavy atom. The molecule has 0 saturated heterocycles. The summed E-state index contributed by atoms with van der Waals surface area (Å²) in [6, 6.07) is 0. The van der Waals surface area contributed by atoms with Crippen molar-refractivity contribution in [2.24, 2.45) is 5.73 Å². The average Bonchev–Trinajstić information content (AvgIpc) is 2.53. The Balaban J connectivity index is 1.90. The van der Waals surface area contributed by atoms with E-state index in [-0.39, 0.29) is 11.3 Å². The van der Waals surface area contributed by atoms with Crippen LogP contribution in [0.5, 0.6) is 0 Å². The normalized spacial score (nSPS) is 24.5. The van der Waals surface area contributed by atoms with Gasteiger partial charge in [-0.3, -0.25) is 4.79 Å². The number of Topliss-reactive ketones (excluding diaryl/α,β-unsaturated/α-hetero) is 1. The van der Waals surface area contributed by atoms with E-state index in [4.69, 9.17) is 10.5 Å². The minimum absolute atomic E-state index is 0.0831. The highest BCUT2D eigenvalue weighted by molar-refractivity contribution is 5.94. The average molecular weight is 181 g/mol. The van der Waals surface area contributed by atoms with Gasteiger partial charge >= 0.3 is 0 Å². The summed E-state index contributed by atoms with van der Waals surface area (Å²) in [6.45, 7) is 0.651. The van der Waals surface area contributed by atoms with Crippen molar-refractivity contribution in [2.45, 2.75) is 37.6 Å². The molecule has 0 aromatic carbocycles. The standard InChI is InChI=1S/C10H15NO2/c11-10(4-2-5-10)7-8(12)9-3-1-6-13-9/h3H,1-2,4-7,11H2. The van der Waals surface area contributed by atoms with Gasteiger partial charge in [-0.1, -0.05) is 0 Å². The third kappa shape index (κ3) is 1.75. The molecule has 2 aliphatic rings. The number of rotatable bonds is 3. The van der Waals surface area contributed by atoms with Crippen LogP contribution in [0.3, 0.4) is 0 Å². The molecule has 1 fully saturated rings. The lowest BCUT2D eigenvalue weighted by Gasteiger charge is -2.37. The summed E-state index contributed by atoms with van der Waals surface area (Å²) < 4.78 is 5.19. The number of hydrogen-bond acceptors (Lipinski definition) is 3. The van der Waals surface area contributed by atoms with Crippen LogP contribution in [0.1, 0.15) is 32.1 Å². The summed E-state index contributed by atoms with van der Waals surface area (Å²) >= 11 is 0. The minimum Gasteiger partial charge on any atom is -0.490 e. The summed E-state index contributed by atoms with van der Waals surface area (Å²) in [4.78, 5) is 11.6. The van der Waals surface area contributed by atoms with E-state index < -0.39 is 0 Å². The number of allylic oxidation sites excluding steroid dienone is 1. The van der Waals surface area contributed by atoms with Gasteiger partial charge in [0.2, 0.25) is 0 Å². The van der Waals surface area contributed by atoms with Crippen LogP contribution < -0.4 is 5.73 Å². The molecule has 0 amide bonds. The van der Waals surface area contributed by atoms with E-state index >= 15 is 0 Å². The second-order valence-electron chi connectivity index (χ2n) is 4.02. The summed E-state index contributed by atoms with van der Waals surface area (Å²) in [5.41, 5.74) is 5.75. The highest BCUT2D eigenvalue weighted by Crippen LogP contribution is 2.33. The van der Waals surface area contributed by atoms with Crippen LogP contribution in [0, 0.1) is 0 Å². The molecule has 13 heavy (non-hydrogen) atoms. The maximum Gasteiger partial charge on any atom is 0.198 e. The second kappa shape index (κ2) is 3.14. The molecule has 2 rings (SSSR count). The maximum atomic E-state index is 11.6. The van der Waals surface area contributed by atoms with E-state index in [0.717, 1.165) is 25.7 Å². The first-order valence-corrected chi connectivity index (χ1v) is 4.85. The van der Waals surface area contributed by atoms with E-state index in [9.17, 15) is 4.79 Å². The van der Waals surface area contributed by atoms with Crippen LogP contribution in [0.25, 0.3) is 0 Å². The van der Waals surface area contributed by atoms with Gasteiger partial charge in [0, 0.05) is 18.4 Å². The molecule has 3 heteroatoms. The van der Waals surface area contributed by atoms with Crippen LogP contribution in [-0.2, 0) is 9.53 Å². The van der Waals surface area contributed by atoms with E-state index in [1.54, 1.807) is 0 Å². The van der Waals surface area contributed by atoms with Crippen molar-refractivity contribution < 1.29 is 9.53 Å². The van der Waals surface area contributed by atoms with Gasteiger partial charge < -0.3 is 10.5 Å². The second-order valence-corrected chi connectivity index (χ2v) is 4.02. The fourth-order valence-electron chi connectivity index (χ4n) is 1.83. The Kier molecular flexibility index (Phi) is 2.12. The lowest BCUT2D eigenvalue weighted by Crippen LogP contribution is -2.48. The van der Waals surface area contributed by atoms with Crippen LogP contribution in [0.4, 0.5) is 0 Å². The SMILES string of the molecule is NC1(CC(=O)C2=CCCO2)CCC1. The minimum atomic E-state index is -0.218. The van der Waals surface area contributed by atoms with Gasteiger partial charge in [0.05, 0.1) is 6.61 Å². The topological polar surface area (TPSA) is 52.3 Å². The number of carbonyl (C=O) groups is 1. The molecule has 3 nitrogen and oxygen atoms in total. The summed E-state index contributed by atoms with van der Waals surface area (Å²) in [5, 5.41) is 0. The summed E-state index contributed by atoms with van der Waals surface area (Å²) in [7, 11) is 0. The predicted molar refractivity (Wildman–Crippen MR) is 49.0 cm³/mol. The first kappa shape index (κ1) is 8.75. The lowest BCUT2D eigenvalue weighted by atomic mass is 9.74. The van der Waals surface area contributed by atoms with E-state index in [0.29, 0.717) is 18.8 Å². The van der Waals surface area contributed by atoms with E-state index in [2.05, 4.69) is 0 Å². The fourth-order valence-corrected chi connectivity index (χ4v) is 1.83. The molecule has 0 unspecified atom stereocenters. The van der Waals surface area contributed by atoms with Gasteiger partial charge in [-0.25, -0.2) is 0 Å². The van der Waals surface area contributed by atoms with Crippen LogP contribution in [-0.4, -0.2) is 17.9 Å². The molecule has 72 valence electrons. The summed E-state index contributed by atoms with van der Waals surface area (Å²) in [5.74, 6) is 0.622. The first-order chi connectivity index (χ1) is 6.20. The highest BCUT2D eigenvalue weighted by Gasteiger charge is 2.35. The quantitative estimate of drug-likeness (QED) is 0.710. The molecule has 0 bridgehead atoms. The molecule has 0 radical (unpaired) electrons. The Bertz CT molecular complexity index is 254. The first-order valence-electron chi connectivity index (χ1n) is 4.85. The van der Waals surface area contributed by atoms with Gasteiger partial charge in [0.15, 0.2) is 11.5 Å². The number of ketones is 1. The Morgan fingerprint density at radius 2 is 2.38 bits per heavy atom. The van der Waals surface area contributed by atoms with Crippen LogP contribution in [0.2, 0.25) is 0 Å². The molecule has 0 aromatic rings. The fraction of sp³-hybridized carbons (Fsp3) is 0.700. The van der Waals surface area contributed by atoms with Crippen LogP contribution in [0.15, 0.2) is 11.8 Å². The third-order valence-corrected chi connectivity index (χ3v) is 2.84. The number of nitrogens with two attached hydrogens (primary N) is 1. The summed E-state index contributed by atoms with van der Waals surface area (Å²) in [6.07, 6.45) is 6.30.